The predicted octanol–water partition coefficient (Wildman–Crippen LogP) is 1.02. The van der Waals surface area contributed by atoms with Crippen molar-refractivity contribution in [2.24, 2.45) is 0 Å². The second kappa shape index (κ2) is 3.81. The Balaban J connectivity index is 2.52. The van der Waals surface area contributed by atoms with Gasteiger partial charge in [-0.1, -0.05) is 6.08 Å². The van der Waals surface area contributed by atoms with Gasteiger partial charge in [-0.15, -0.1) is 0 Å². The third-order valence-corrected chi connectivity index (χ3v) is 1.20. The molecule has 1 aliphatic rings. The van der Waals surface area contributed by atoms with Gasteiger partial charge in [0.1, 0.15) is 6.61 Å². The molecular weight excluding hydrogens is 144 g/mol. The van der Waals surface area contributed by atoms with E-state index in [9.17, 15) is 4.79 Å². The van der Waals surface area contributed by atoms with Crippen molar-refractivity contribution in [2.45, 2.75) is 6.92 Å². The molecule has 0 saturated carbocycles. The molecule has 0 bridgehead atoms. The van der Waals surface area contributed by atoms with Crippen LogP contribution in [0.25, 0.3) is 0 Å². The van der Waals surface area contributed by atoms with Crippen molar-refractivity contribution in [3.8, 4) is 0 Å². The minimum Gasteiger partial charge on any atom is -0.482 e. The van der Waals surface area contributed by atoms with Gasteiger partial charge in [0.2, 0.25) is 5.76 Å². The third kappa shape index (κ3) is 2.11. The molecule has 0 N–H and O–H groups in total. The van der Waals surface area contributed by atoms with Gasteiger partial charge in [0.05, 0.1) is 6.61 Å². The van der Waals surface area contributed by atoms with E-state index in [1.807, 2.05) is 6.08 Å². The first-order valence-electron chi connectivity index (χ1n) is 3.51. The Kier molecular flexibility index (Phi) is 2.72. The number of esters is 1. The molecule has 0 aromatic rings. The topological polar surface area (TPSA) is 35.5 Å². The molecule has 60 valence electrons. The van der Waals surface area contributed by atoms with E-state index in [1.165, 1.54) is 0 Å². The molecule has 0 aliphatic carbocycles. The van der Waals surface area contributed by atoms with Crippen LogP contribution < -0.4 is 0 Å². The van der Waals surface area contributed by atoms with Crippen LogP contribution in [-0.4, -0.2) is 19.2 Å². The normalized spacial score (nSPS) is 15.2. The average molecular weight is 154 g/mol. The minimum absolute atomic E-state index is 0.286. The summed E-state index contributed by atoms with van der Waals surface area (Å²) in [6.45, 7) is 2.59. The lowest BCUT2D eigenvalue weighted by atomic mass is 10.3. The average Bonchev–Trinajstić information content (AvgIpc) is 2.07. The molecular formula is C8H10O3. The van der Waals surface area contributed by atoms with Gasteiger partial charge in [-0.05, 0) is 19.1 Å². The number of rotatable bonds is 2. The number of hydrogen-bond donors (Lipinski definition) is 0. The summed E-state index contributed by atoms with van der Waals surface area (Å²) in [4.78, 5) is 10.9. The van der Waals surface area contributed by atoms with E-state index < -0.39 is 5.97 Å². The minimum atomic E-state index is -0.392. The zero-order valence-electron chi connectivity index (χ0n) is 6.37. The zero-order valence-corrected chi connectivity index (χ0v) is 6.37. The molecule has 1 rings (SSSR count). The second-order valence-electron chi connectivity index (χ2n) is 1.99. The quantitative estimate of drug-likeness (QED) is 0.557. The molecule has 0 spiro atoms. The van der Waals surface area contributed by atoms with E-state index in [4.69, 9.17) is 9.47 Å². The van der Waals surface area contributed by atoms with Crippen LogP contribution in [0.15, 0.2) is 24.0 Å². The van der Waals surface area contributed by atoms with E-state index in [0.29, 0.717) is 13.2 Å². The highest BCUT2D eigenvalue weighted by molar-refractivity contribution is 5.86. The van der Waals surface area contributed by atoms with Crippen LogP contribution in [0.2, 0.25) is 0 Å². The monoisotopic (exact) mass is 154 g/mol. The van der Waals surface area contributed by atoms with Crippen LogP contribution in [0.1, 0.15) is 6.92 Å². The molecule has 11 heavy (non-hydrogen) atoms. The summed E-state index contributed by atoms with van der Waals surface area (Å²) in [7, 11) is 0. The van der Waals surface area contributed by atoms with E-state index >= 15 is 0 Å². The molecule has 0 atom stereocenters. The summed E-state index contributed by atoms with van der Waals surface area (Å²) in [5.41, 5.74) is 0. The number of allylic oxidation sites excluding steroid dienone is 2. The maximum absolute atomic E-state index is 10.9. The number of hydrogen-bond acceptors (Lipinski definition) is 3. The smallest absolute Gasteiger partial charge is 0.373 e. The van der Waals surface area contributed by atoms with Gasteiger partial charge in [0.15, 0.2) is 0 Å². The van der Waals surface area contributed by atoms with E-state index in [2.05, 4.69) is 0 Å². The molecule has 0 aromatic carbocycles. The lowest BCUT2D eigenvalue weighted by molar-refractivity contribution is -0.142. The highest BCUT2D eigenvalue weighted by Crippen LogP contribution is 2.05. The largest absolute Gasteiger partial charge is 0.482 e. The van der Waals surface area contributed by atoms with Crippen LogP contribution in [0, 0.1) is 0 Å². The molecule has 0 fully saturated rings. The number of carbonyl (C=O) groups excluding carboxylic acids is 1. The fourth-order valence-corrected chi connectivity index (χ4v) is 0.726. The van der Waals surface area contributed by atoms with Gasteiger partial charge in [0, 0.05) is 0 Å². The van der Waals surface area contributed by atoms with E-state index in [-0.39, 0.29) is 5.76 Å². The first-order valence-corrected chi connectivity index (χ1v) is 3.51. The molecule has 1 heterocycles. The SMILES string of the molecule is CCOC(=O)C1=CC=CCO1. The summed E-state index contributed by atoms with van der Waals surface area (Å²) < 4.78 is 9.71. The van der Waals surface area contributed by atoms with Crippen molar-refractivity contribution in [2.75, 3.05) is 13.2 Å². The van der Waals surface area contributed by atoms with Crippen LogP contribution in [0.5, 0.6) is 0 Å². The maximum atomic E-state index is 10.9. The second-order valence-corrected chi connectivity index (χ2v) is 1.99. The molecule has 0 saturated heterocycles. The Morgan fingerprint density at radius 1 is 1.82 bits per heavy atom. The summed E-state index contributed by atoms with van der Waals surface area (Å²) in [5.74, 6) is -0.105. The molecule has 0 aromatic heterocycles. The molecule has 0 unspecified atom stereocenters. The first kappa shape index (κ1) is 7.85. The first-order chi connectivity index (χ1) is 5.34. The summed E-state index contributed by atoms with van der Waals surface area (Å²) in [6, 6.07) is 0. The Morgan fingerprint density at radius 3 is 3.18 bits per heavy atom. The predicted molar refractivity (Wildman–Crippen MR) is 39.8 cm³/mol. The van der Waals surface area contributed by atoms with Crippen molar-refractivity contribution in [3.05, 3.63) is 24.0 Å². The highest BCUT2D eigenvalue weighted by Gasteiger charge is 2.11. The lowest BCUT2D eigenvalue weighted by Gasteiger charge is -2.09. The fourth-order valence-electron chi connectivity index (χ4n) is 0.726. The van der Waals surface area contributed by atoms with Crippen LogP contribution in [-0.2, 0) is 14.3 Å². The van der Waals surface area contributed by atoms with E-state index in [1.54, 1.807) is 19.1 Å². The van der Waals surface area contributed by atoms with Gasteiger partial charge in [-0.3, -0.25) is 0 Å². The van der Waals surface area contributed by atoms with Crippen molar-refractivity contribution in [1.29, 1.82) is 0 Å². The van der Waals surface area contributed by atoms with Crippen molar-refractivity contribution < 1.29 is 14.3 Å². The van der Waals surface area contributed by atoms with Gasteiger partial charge in [-0.25, -0.2) is 4.79 Å². The van der Waals surface area contributed by atoms with Gasteiger partial charge in [0.25, 0.3) is 0 Å². The summed E-state index contributed by atoms with van der Waals surface area (Å²) in [5, 5.41) is 0. The van der Waals surface area contributed by atoms with Crippen molar-refractivity contribution in [1.82, 2.24) is 0 Å². The fraction of sp³-hybridized carbons (Fsp3) is 0.375. The Bertz CT molecular complexity index is 203. The Hall–Kier alpha value is -1.25. The van der Waals surface area contributed by atoms with Crippen LogP contribution in [0.4, 0.5) is 0 Å². The molecule has 0 radical (unpaired) electrons. The molecule has 1 aliphatic heterocycles. The standard InChI is InChI=1S/C8H10O3/c1-2-10-8(9)7-5-3-4-6-11-7/h3-5H,2,6H2,1H3. The van der Waals surface area contributed by atoms with Crippen molar-refractivity contribution >= 4 is 5.97 Å². The Morgan fingerprint density at radius 2 is 2.64 bits per heavy atom. The zero-order chi connectivity index (χ0) is 8.10. The molecule has 3 heteroatoms. The lowest BCUT2D eigenvalue weighted by Crippen LogP contribution is -2.11. The van der Waals surface area contributed by atoms with Gasteiger partial charge < -0.3 is 9.47 Å². The third-order valence-electron chi connectivity index (χ3n) is 1.20. The summed E-state index contributed by atoms with van der Waals surface area (Å²) >= 11 is 0. The summed E-state index contributed by atoms with van der Waals surface area (Å²) in [6.07, 6.45) is 5.19. The molecule has 0 amide bonds. The number of carbonyl (C=O) groups is 1. The maximum Gasteiger partial charge on any atom is 0.373 e. The van der Waals surface area contributed by atoms with Crippen LogP contribution >= 0.6 is 0 Å². The Labute approximate surface area is 65.3 Å². The van der Waals surface area contributed by atoms with E-state index in [0.717, 1.165) is 0 Å². The molecule has 3 nitrogen and oxygen atoms in total. The number of ether oxygens (including phenoxy) is 2. The highest BCUT2D eigenvalue weighted by atomic mass is 16.6. The van der Waals surface area contributed by atoms with Gasteiger partial charge >= 0.3 is 5.97 Å². The van der Waals surface area contributed by atoms with Crippen molar-refractivity contribution in [3.63, 3.8) is 0 Å². The van der Waals surface area contributed by atoms with Gasteiger partial charge in [-0.2, -0.15) is 0 Å². The van der Waals surface area contributed by atoms with Crippen LogP contribution in [0.3, 0.4) is 0 Å².